The molecule has 0 amide bonds. The second-order valence-electron chi connectivity index (χ2n) is 6.10. The number of aryl methyl sites for hydroxylation is 1. The van der Waals surface area contributed by atoms with Crippen molar-refractivity contribution in [1.29, 1.82) is 0 Å². The average molecular weight is 250 g/mol. The standard InChI is InChI=1S/C15H26N2O/c1-13(7-8-14-6-4-11-18-14)17-10-5-9-16-15(2,3)12-17/h4,6,11,13,16H,5,7-10,12H2,1-3H3. The second-order valence-corrected chi connectivity index (χ2v) is 6.10. The van der Waals surface area contributed by atoms with Crippen molar-refractivity contribution in [2.75, 3.05) is 19.6 Å². The smallest absolute Gasteiger partial charge is 0.103 e. The number of hydrogen-bond donors (Lipinski definition) is 1. The molecule has 0 aromatic carbocycles. The monoisotopic (exact) mass is 250 g/mol. The Morgan fingerprint density at radius 2 is 2.33 bits per heavy atom. The van der Waals surface area contributed by atoms with Gasteiger partial charge in [0.25, 0.3) is 0 Å². The molecule has 3 heteroatoms. The highest BCUT2D eigenvalue weighted by atomic mass is 16.3. The van der Waals surface area contributed by atoms with Crippen molar-refractivity contribution in [3.05, 3.63) is 24.2 Å². The number of rotatable bonds is 4. The molecule has 1 atom stereocenters. The maximum absolute atomic E-state index is 5.41. The summed E-state index contributed by atoms with van der Waals surface area (Å²) in [5.74, 6) is 1.11. The Bertz CT molecular complexity index is 345. The molecule has 2 rings (SSSR count). The van der Waals surface area contributed by atoms with E-state index in [2.05, 4.69) is 37.1 Å². The fourth-order valence-electron chi connectivity index (χ4n) is 2.72. The van der Waals surface area contributed by atoms with Crippen molar-refractivity contribution < 1.29 is 4.42 Å². The summed E-state index contributed by atoms with van der Waals surface area (Å²) >= 11 is 0. The lowest BCUT2D eigenvalue weighted by molar-refractivity contribution is 0.171. The molecule has 1 aliphatic heterocycles. The molecule has 3 nitrogen and oxygen atoms in total. The van der Waals surface area contributed by atoms with Crippen LogP contribution >= 0.6 is 0 Å². The minimum atomic E-state index is 0.232. The van der Waals surface area contributed by atoms with Crippen molar-refractivity contribution in [3.63, 3.8) is 0 Å². The summed E-state index contributed by atoms with van der Waals surface area (Å²) in [6.45, 7) is 10.4. The second kappa shape index (κ2) is 5.89. The Morgan fingerprint density at radius 1 is 1.50 bits per heavy atom. The Hall–Kier alpha value is -0.800. The topological polar surface area (TPSA) is 28.4 Å². The van der Waals surface area contributed by atoms with E-state index in [1.54, 1.807) is 6.26 Å². The summed E-state index contributed by atoms with van der Waals surface area (Å²) < 4.78 is 5.41. The van der Waals surface area contributed by atoms with Gasteiger partial charge in [-0.1, -0.05) is 0 Å². The molecule has 1 fully saturated rings. The molecule has 1 unspecified atom stereocenters. The largest absolute Gasteiger partial charge is 0.469 e. The van der Waals surface area contributed by atoms with Gasteiger partial charge in [-0.3, -0.25) is 4.90 Å². The van der Waals surface area contributed by atoms with Crippen molar-refractivity contribution >= 4 is 0 Å². The normalized spacial score (nSPS) is 22.6. The van der Waals surface area contributed by atoms with Crippen molar-refractivity contribution in [2.24, 2.45) is 0 Å². The first-order valence-electron chi connectivity index (χ1n) is 7.08. The highest BCUT2D eigenvalue weighted by Gasteiger charge is 2.26. The van der Waals surface area contributed by atoms with E-state index in [9.17, 15) is 0 Å². The van der Waals surface area contributed by atoms with Gasteiger partial charge in [-0.15, -0.1) is 0 Å². The maximum atomic E-state index is 5.41. The molecule has 0 radical (unpaired) electrons. The van der Waals surface area contributed by atoms with Crippen molar-refractivity contribution in [2.45, 2.75) is 51.6 Å². The average Bonchev–Trinajstić information content (AvgIpc) is 2.76. The molecule has 18 heavy (non-hydrogen) atoms. The number of nitrogens with one attached hydrogen (secondary N) is 1. The molecular formula is C15H26N2O. The number of furan rings is 1. The summed E-state index contributed by atoms with van der Waals surface area (Å²) in [5.41, 5.74) is 0.232. The van der Waals surface area contributed by atoms with E-state index < -0.39 is 0 Å². The third kappa shape index (κ3) is 3.85. The van der Waals surface area contributed by atoms with Gasteiger partial charge in [-0.2, -0.15) is 0 Å². The van der Waals surface area contributed by atoms with Crippen LogP contribution in [0.15, 0.2) is 22.8 Å². The van der Waals surface area contributed by atoms with Gasteiger partial charge < -0.3 is 9.73 Å². The molecule has 2 heterocycles. The summed E-state index contributed by atoms with van der Waals surface area (Å²) in [6, 6.07) is 4.66. The van der Waals surface area contributed by atoms with Crippen LogP contribution in [0.5, 0.6) is 0 Å². The van der Waals surface area contributed by atoms with Gasteiger partial charge in [0.2, 0.25) is 0 Å². The minimum absolute atomic E-state index is 0.232. The predicted octanol–water partition coefficient (Wildman–Crippen LogP) is 2.67. The molecule has 102 valence electrons. The van der Waals surface area contributed by atoms with Crippen LogP contribution in [0.4, 0.5) is 0 Å². The van der Waals surface area contributed by atoms with Gasteiger partial charge in [0.1, 0.15) is 5.76 Å². The van der Waals surface area contributed by atoms with Crippen molar-refractivity contribution in [3.8, 4) is 0 Å². The maximum Gasteiger partial charge on any atom is 0.103 e. The van der Waals surface area contributed by atoms with E-state index in [0.29, 0.717) is 6.04 Å². The van der Waals surface area contributed by atoms with Crippen LogP contribution in [0.3, 0.4) is 0 Å². The molecule has 1 N–H and O–H groups in total. The third-order valence-corrected chi connectivity index (χ3v) is 3.84. The Kier molecular flexibility index (Phi) is 4.46. The fourth-order valence-corrected chi connectivity index (χ4v) is 2.72. The van der Waals surface area contributed by atoms with Crippen LogP contribution in [0.25, 0.3) is 0 Å². The summed E-state index contributed by atoms with van der Waals surface area (Å²) in [4.78, 5) is 2.61. The van der Waals surface area contributed by atoms with Gasteiger partial charge in [0.05, 0.1) is 6.26 Å². The lowest BCUT2D eigenvalue weighted by atomic mass is 10.0. The zero-order chi connectivity index (χ0) is 13.0. The Labute approximate surface area is 111 Å². The molecule has 0 saturated carbocycles. The molecule has 1 aromatic heterocycles. The quantitative estimate of drug-likeness (QED) is 0.890. The summed E-state index contributed by atoms with van der Waals surface area (Å²) in [6.07, 6.45) is 5.22. The molecule has 0 bridgehead atoms. The lowest BCUT2D eigenvalue weighted by Crippen LogP contribution is -2.48. The van der Waals surface area contributed by atoms with Crippen LogP contribution in [-0.4, -0.2) is 36.1 Å². The van der Waals surface area contributed by atoms with Gasteiger partial charge in [-0.05, 0) is 58.8 Å². The third-order valence-electron chi connectivity index (χ3n) is 3.84. The lowest BCUT2D eigenvalue weighted by Gasteiger charge is -2.34. The highest BCUT2D eigenvalue weighted by molar-refractivity contribution is 4.98. The molecule has 1 saturated heterocycles. The minimum Gasteiger partial charge on any atom is -0.469 e. The van der Waals surface area contributed by atoms with E-state index in [1.807, 2.05) is 6.07 Å². The van der Waals surface area contributed by atoms with E-state index in [-0.39, 0.29) is 5.54 Å². The van der Waals surface area contributed by atoms with Gasteiger partial charge in [0.15, 0.2) is 0 Å². The zero-order valence-corrected chi connectivity index (χ0v) is 11.9. The number of nitrogens with zero attached hydrogens (tertiary/aromatic N) is 1. The predicted molar refractivity (Wildman–Crippen MR) is 74.8 cm³/mol. The molecule has 1 aromatic rings. The van der Waals surface area contributed by atoms with E-state index in [0.717, 1.165) is 25.3 Å². The highest BCUT2D eigenvalue weighted by Crippen LogP contribution is 2.16. The van der Waals surface area contributed by atoms with Gasteiger partial charge in [0, 0.05) is 24.5 Å². The van der Waals surface area contributed by atoms with E-state index in [1.165, 1.54) is 19.4 Å². The Morgan fingerprint density at radius 3 is 3.06 bits per heavy atom. The number of hydrogen-bond acceptors (Lipinski definition) is 3. The van der Waals surface area contributed by atoms with Crippen LogP contribution in [0.1, 0.15) is 39.4 Å². The first-order chi connectivity index (χ1) is 8.57. The molecule has 0 spiro atoms. The van der Waals surface area contributed by atoms with Crippen molar-refractivity contribution in [1.82, 2.24) is 10.2 Å². The van der Waals surface area contributed by atoms with Crippen LogP contribution < -0.4 is 5.32 Å². The van der Waals surface area contributed by atoms with Crippen LogP contribution in [0, 0.1) is 0 Å². The SMILES string of the molecule is CC(CCc1ccco1)N1CCCNC(C)(C)C1. The van der Waals surface area contributed by atoms with Gasteiger partial charge >= 0.3 is 0 Å². The summed E-state index contributed by atoms with van der Waals surface area (Å²) in [7, 11) is 0. The van der Waals surface area contributed by atoms with Gasteiger partial charge in [-0.25, -0.2) is 0 Å². The molecular weight excluding hydrogens is 224 g/mol. The Balaban J connectivity index is 1.85. The summed E-state index contributed by atoms with van der Waals surface area (Å²) in [5, 5.41) is 3.62. The zero-order valence-electron chi connectivity index (χ0n) is 11.9. The molecule has 0 aliphatic carbocycles. The fraction of sp³-hybridized carbons (Fsp3) is 0.733. The first-order valence-corrected chi connectivity index (χ1v) is 7.08. The molecule has 1 aliphatic rings. The van der Waals surface area contributed by atoms with Crippen LogP contribution in [-0.2, 0) is 6.42 Å². The van der Waals surface area contributed by atoms with Crippen LogP contribution in [0.2, 0.25) is 0 Å². The first kappa shape index (κ1) is 13.6. The van der Waals surface area contributed by atoms with E-state index >= 15 is 0 Å². The van der Waals surface area contributed by atoms with E-state index in [4.69, 9.17) is 4.42 Å².